The number of para-hydroxylation sites is 1. The molecule has 1 aliphatic heterocycles. The smallest absolute Gasteiger partial charge is 0.270 e. The number of ether oxygens (including phenoxy) is 2. The van der Waals surface area contributed by atoms with Crippen molar-refractivity contribution < 1.29 is 19.1 Å². The second kappa shape index (κ2) is 9.21. The van der Waals surface area contributed by atoms with E-state index in [1.165, 1.54) is 11.0 Å². The van der Waals surface area contributed by atoms with Crippen LogP contribution in [-0.4, -0.2) is 24.0 Å². The predicted octanol–water partition coefficient (Wildman–Crippen LogP) is 4.97. The molecule has 0 spiro atoms. The van der Waals surface area contributed by atoms with Gasteiger partial charge in [0, 0.05) is 10.6 Å². The van der Waals surface area contributed by atoms with Gasteiger partial charge in [-0.1, -0.05) is 29.8 Å². The number of hydrogen-bond donors (Lipinski definition) is 1. The lowest BCUT2D eigenvalue weighted by Crippen LogP contribution is -2.54. The van der Waals surface area contributed by atoms with Gasteiger partial charge in [0.2, 0.25) is 0 Å². The Kier molecular flexibility index (Phi) is 6.20. The van der Waals surface area contributed by atoms with Crippen LogP contribution in [0.1, 0.15) is 5.56 Å². The molecule has 3 aromatic carbocycles. The summed E-state index contributed by atoms with van der Waals surface area (Å²) >= 11 is 11.2. The number of hydrogen-bond acceptors (Lipinski definition) is 5. The third kappa shape index (κ3) is 4.49. The van der Waals surface area contributed by atoms with Gasteiger partial charge in [0.1, 0.15) is 22.8 Å². The minimum absolute atomic E-state index is 0.00207. The topological polar surface area (TPSA) is 67.9 Å². The molecule has 8 heteroatoms. The normalized spacial score (nSPS) is 15.0. The Morgan fingerprint density at radius 3 is 2.28 bits per heavy atom. The second-order valence-corrected chi connectivity index (χ2v) is 7.57. The lowest BCUT2D eigenvalue weighted by molar-refractivity contribution is -0.122. The van der Waals surface area contributed by atoms with E-state index < -0.39 is 11.8 Å². The van der Waals surface area contributed by atoms with Gasteiger partial charge in [0.15, 0.2) is 5.11 Å². The Bertz CT molecular complexity index is 1220. The third-order valence-electron chi connectivity index (χ3n) is 4.69. The van der Waals surface area contributed by atoms with Crippen molar-refractivity contribution in [3.63, 3.8) is 0 Å². The molecule has 0 unspecified atom stereocenters. The molecule has 1 saturated heterocycles. The zero-order valence-corrected chi connectivity index (χ0v) is 18.4. The molecule has 160 valence electrons. The van der Waals surface area contributed by atoms with E-state index in [2.05, 4.69) is 5.32 Å². The third-order valence-corrected chi connectivity index (χ3v) is 5.23. The van der Waals surface area contributed by atoms with E-state index in [1.54, 1.807) is 79.9 Å². The van der Waals surface area contributed by atoms with Crippen molar-refractivity contribution in [3.05, 3.63) is 89.0 Å². The van der Waals surface area contributed by atoms with Crippen molar-refractivity contribution in [2.45, 2.75) is 0 Å². The fourth-order valence-electron chi connectivity index (χ4n) is 3.10. The van der Waals surface area contributed by atoms with Crippen LogP contribution in [0.4, 0.5) is 5.69 Å². The van der Waals surface area contributed by atoms with Crippen LogP contribution >= 0.6 is 23.8 Å². The number of halogens is 1. The van der Waals surface area contributed by atoms with Gasteiger partial charge in [-0.25, -0.2) is 0 Å². The maximum atomic E-state index is 13.2. The lowest BCUT2D eigenvalue weighted by atomic mass is 10.1. The fourth-order valence-corrected chi connectivity index (χ4v) is 3.51. The van der Waals surface area contributed by atoms with Gasteiger partial charge in [0.25, 0.3) is 11.8 Å². The molecule has 1 N–H and O–H groups in total. The number of rotatable bonds is 5. The van der Waals surface area contributed by atoms with Crippen LogP contribution < -0.4 is 19.7 Å². The number of nitrogens with one attached hydrogen (secondary N) is 1. The number of benzene rings is 3. The van der Waals surface area contributed by atoms with Gasteiger partial charge >= 0.3 is 0 Å². The molecular formula is C24H17ClN2O4S. The molecule has 2 amide bonds. The van der Waals surface area contributed by atoms with E-state index in [0.717, 1.165) is 0 Å². The molecule has 1 fully saturated rings. The summed E-state index contributed by atoms with van der Waals surface area (Å²) < 4.78 is 11.1. The van der Waals surface area contributed by atoms with E-state index in [-0.39, 0.29) is 10.7 Å². The van der Waals surface area contributed by atoms with Crippen molar-refractivity contribution in [1.29, 1.82) is 0 Å². The number of carbonyl (C=O) groups excluding carboxylic acids is 2. The molecule has 0 saturated carbocycles. The highest BCUT2D eigenvalue weighted by Gasteiger charge is 2.34. The summed E-state index contributed by atoms with van der Waals surface area (Å²) in [6, 6.07) is 20.8. The molecular weight excluding hydrogens is 448 g/mol. The number of methoxy groups -OCH3 is 1. The average Bonchev–Trinajstić information content (AvgIpc) is 2.79. The summed E-state index contributed by atoms with van der Waals surface area (Å²) in [5, 5.41) is 3.09. The standard InChI is InChI=1S/C24H17ClN2O4S/c1-30-18-10-12-19(13-11-18)31-21-5-3-2-4-15(21)14-20-22(28)26-24(32)27(23(20)29)17-8-6-16(25)7-9-17/h2-14H,1H3,(H,26,28,32). The van der Waals surface area contributed by atoms with Crippen molar-refractivity contribution in [1.82, 2.24) is 5.32 Å². The van der Waals surface area contributed by atoms with Gasteiger partial charge < -0.3 is 9.47 Å². The van der Waals surface area contributed by atoms with E-state index >= 15 is 0 Å². The summed E-state index contributed by atoms with van der Waals surface area (Å²) in [5.41, 5.74) is 0.989. The summed E-state index contributed by atoms with van der Waals surface area (Å²) in [6.07, 6.45) is 1.49. The van der Waals surface area contributed by atoms with Crippen LogP contribution in [0, 0.1) is 0 Å². The molecule has 0 aliphatic carbocycles. The molecule has 1 heterocycles. The Balaban J connectivity index is 1.67. The first-order valence-corrected chi connectivity index (χ1v) is 10.3. The van der Waals surface area contributed by atoms with E-state index in [1.807, 2.05) is 0 Å². The van der Waals surface area contributed by atoms with Crippen molar-refractivity contribution in [3.8, 4) is 17.2 Å². The number of amides is 2. The average molecular weight is 465 g/mol. The van der Waals surface area contributed by atoms with Crippen LogP contribution in [0.2, 0.25) is 5.02 Å². The highest BCUT2D eigenvalue weighted by atomic mass is 35.5. The SMILES string of the molecule is COc1ccc(Oc2ccccc2C=C2C(=O)NC(=S)N(c3ccc(Cl)cc3)C2=O)cc1. The summed E-state index contributed by atoms with van der Waals surface area (Å²) in [5.74, 6) is 0.650. The molecule has 1 aliphatic rings. The van der Waals surface area contributed by atoms with Crippen LogP contribution in [0.3, 0.4) is 0 Å². The van der Waals surface area contributed by atoms with Crippen molar-refractivity contribution in [2.24, 2.45) is 0 Å². The monoisotopic (exact) mass is 464 g/mol. The fraction of sp³-hybridized carbons (Fsp3) is 0.0417. The zero-order valence-electron chi connectivity index (χ0n) is 16.9. The van der Waals surface area contributed by atoms with Crippen molar-refractivity contribution in [2.75, 3.05) is 12.0 Å². The van der Waals surface area contributed by atoms with Gasteiger partial charge in [-0.05, 0) is 72.9 Å². The van der Waals surface area contributed by atoms with E-state index in [9.17, 15) is 9.59 Å². The van der Waals surface area contributed by atoms with Gasteiger partial charge in [-0.2, -0.15) is 0 Å². The van der Waals surface area contributed by atoms with Crippen LogP contribution in [0.25, 0.3) is 6.08 Å². The Labute approximate surface area is 195 Å². The van der Waals surface area contributed by atoms with Crippen molar-refractivity contribution >= 4 is 52.5 Å². The molecule has 4 rings (SSSR count). The van der Waals surface area contributed by atoms with Gasteiger partial charge in [-0.3, -0.25) is 19.8 Å². The second-order valence-electron chi connectivity index (χ2n) is 6.75. The first kappa shape index (κ1) is 21.5. The molecule has 0 aromatic heterocycles. The Morgan fingerprint density at radius 1 is 0.938 bits per heavy atom. The zero-order chi connectivity index (χ0) is 22.7. The first-order valence-electron chi connectivity index (χ1n) is 9.54. The molecule has 0 radical (unpaired) electrons. The van der Waals surface area contributed by atoms with Crippen LogP contribution in [0.5, 0.6) is 17.2 Å². The quantitative estimate of drug-likeness (QED) is 0.328. The molecule has 0 bridgehead atoms. The van der Waals surface area contributed by atoms with E-state index in [4.69, 9.17) is 33.3 Å². The molecule has 32 heavy (non-hydrogen) atoms. The number of thiocarbonyl (C=S) groups is 1. The maximum Gasteiger partial charge on any atom is 0.270 e. The predicted molar refractivity (Wildman–Crippen MR) is 127 cm³/mol. The lowest BCUT2D eigenvalue weighted by Gasteiger charge is -2.29. The van der Waals surface area contributed by atoms with Crippen LogP contribution in [-0.2, 0) is 9.59 Å². The van der Waals surface area contributed by atoms with Gasteiger partial charge in [-0.15, -0.1) is 0 Å². The van der Waals surface area contributed by atoms with Gasteiger partial charge in [0.05, 0.1) is 12.8 Å². The maximum absolute atomic E-state index is 13.2. The largest absolute Gasteiger partial charge is 0.497 e. The minimum Gasteiger partial charge on any atom is -0.497 e. The molecule has 6 nitrogen and oxygen atoms in total. The first-order chi connectivity index (χ1) is 15.5. The van der Waals surface area contributed by atoms with E-state index in [0.29, 0.717) is 33.5 Å². The highest BCUT2D eigenvalue weighted by Crippen LogP contribution is 2.30. The number of nitrogens with zero attached hydrogens (tertiary/aromatic N) is 1. The molecule has 3 aromatic rings. The summed E-state index contributed by atoms with van der Waals surface area (Å²) in [7, 11) is 1.59. The summed E-state index contributed by atoms with van der Waals surface area (Å²) in [4.78, 5) is 27.1. The minimum atomic E-state index is -0.579. The molecule has 0 atom stereocenters. The number of anilines is 1. The number of carbonyl (C=O) groups is 2. The Morgan fingerprint density at radius 2 is 1.59 bits per heavy atom. The Hall–Kier alpha value is -3.68. The highest BCUT2D eigenvalue weighted by molar-refractivity contribution is 7.80. The van der Waals surface area contributed by atoms with Crippen LogP contribution in [0.15, 0.2) is 78.4 Å². The summed E-state index contributed by atoms with van der Waals surface area (Å²) in [6.45, 7) is 0.